The van der Waals surface area contributed by atoms with Crippen LogP contribution in [0.5, 0.6) is 11.5 Å². The summed E-state index contributed by atoms with van der Waals surface area (Å²) >= 11 is 0. The van der Waals surface area contributed by atoms with E-state index in [4.69, 9.17) is 14.2 Å². The topological polar surface area (TPSA) is 89.1 Å². The molecule has 27 heavy (non-hydrogen) atoms. The zero-order valence-corrected chi connectivity index (χ0v) is 15.0. The van der Waals surface area contributed by atoms with Gasteiger partial charge in [-0.15, -0.1) is 0 Å². The smallest absolute Gasteiger partial charge is 0.325 e. The first kappa shape index (κ1) is 16.8. The molecule has 3 fully saturated rings. The molecule has 1 aromatic rings. The van der Waals surface area contributed by atoms with Crippen LogP contribution in [0.3, 0.4) is 0 Å². The quantitative estimate of drug-likeness (QED) is 0.827. The predicted octanol–water partition coefficient (Wildman–Crippen LogP) is 1.17. The minimum atomic E-state index is -0.349. The van der Waals surface area contributed by atoms with Crippen LogP contribution in [0.4, 0.5) is 4.79 Å². The molecule has 0 radical (unpaired) electrons. The molecule has 0 aromatic heterocycles. The largest absolute Gasteiger partial charge is 0.454 e. The number of carbonyl (C=O) groups is 2. The number of ether oxygens (including phenoxy) is 3. The van der Waals surface area contributed by atoms with Crippen LogP contribution in [0.15, 0.2) is 18.2 Å². The normalized spacial score (nSPS) is 32.4. The highest BCUT2D eigenvalue weighted by atomic mass is 16.7. The van der Waals surface area contributed by atoms with Crippen LogP contribution in [0.25, 0.3) is 0 Å². The van der Waals surface area contributed by atoms with Crippen molar-refractivity contribution in [2.24, 2.45) is 5.92 Å². The van der Waals surface area contributed by atoms with Gasteiger partial charge < -0.3 is 19.1 Å². The molecule has 0 spiro atoms. The summed E-state index contributed by atoms with van der Waals surface area (Å²) in [6.45, 7) is 2.20. The number of hydrogen-bond acceptors (Lipinski definition) is 6. The van der Waals surface area contributed by atoms with Crippen LogP contribution >= 0.6 is 0 Å². The van der Waals surface area contributed by atoms with Gasteiger partial charge >= 0.3 is 6.03 Å². The van der Waals surface area contributed by atoms with Gasteiger partial charge in [-0.2, -0.15) is 0 Å². The lowest BCUT2D eigenvalue weighted by Crippen LogP contribution is -2.68. The first-order valence-corrected chi connectivity index (χ1v) is 9.57. The Labute approximate surface area is 157 Å². The Hall–Kier alpha value is -2.32. The maximum Gasteiger partial charge on any atom is 0.325 e. The van der Waals surface area contributed by atoms with Crippen molar-refractivity contribution in [2.75, 3.05) is 26.5 Å². The number of nitrogens with zero attached hydrogens (tertiary/aromatic N) is 1. The molecule has 0 saturated carbocycles. The first-order chi connectivity index (χ1) is 13.2. The summed E-state index contributed by atoms with van der Waals surface area (Å²) in [6.07, 6.45) is 2.49. The van der Waals surface area contributed by atoms with E-state index in [1.54, 1.807) is 4.90 Å². The van der Waals surface area contributed by atoms with Crippen molar-refractivity contribution in [3.05, 3.63) is 23.8 Å². The summed E-state index contributed by atoms with van der Waals surface area (Å²) in [5.41, 5.74) is 1.04. The molecule has 3 saturated heterocycles. The van der Waals surface area contributed by atoms with Gasteiger partial charge in [0.1, 0.15) is 0 Å². The lowest BCUT2D eigenvalue weighted by atomic mass is 9.77. The lowest BCUT2D eigenvalue weighted by molar-refractivity contribution is -0.131. The molecule has 0 aliphatic carbocycles. The number of carbonyl (C=O) groups excluding carboxylic acids is 2. The van der Waals surface area contributed by atoms with Crippen molar-refractivity contribution in [3.63, 3.8) is 0 Å². The van der Waals surface area contributed by atoms with Gasteiger partial charge in [-0.3, -0.25) is 15.4 Å². The number of rotatable bonds is 3. The van der Waals surface area contributed by atoms with Gasteiger partial charge in [-0.1, -0.05) is 6.07 Å². The number of benzene rings is 1. The van der Waals surface area contributed by atoms with E-state index < -0.39 is 0 Å². The molecule has 2 N–H and O–H groups in total. The first-order valence-electron chi connectivity index (χ1n) is 9.57. The third-order valence-corrected chi connectivity index (χ3v) is 5.96. The Kier molecular flexibility index (Phi) is 4.17. The molecule has 4 aliphatic rings. The monoisotopic (exact) mass is 373 g/mol. The molecular formula is C19H23N3O5. The molecule has 144 valence electrons. The fourth-order valence-corrected chi connectivity index (χ4v) is 4.65. The fraction of sp³-hybridized carbons (Fsp3) is 0.579. The molecule has 4 aliphatic heterocycles. The average Bonchev–Trinajstić information content (AvgIpc) is 3.35. The van der Waals surface area contributed by atoms with Crippen molar-refractivity contribution in [1.82, 2.24) is 15.5 Å². The second kappa shape index (κ2) is 6.69. The lowest BCUT2D eigenvalue weighted by Gasteiger charge is -2.47. The minimum absolute atomic E-state index is 0.00541. The maximum atomic E-state index is 12.8. The Morgan fingerprint density at radius 1 is 1.15 bits per heavy atom. The summed E-state index contributed by atoms with van der Waals surface area (Å²) in [5.74, 6) is 0.881. The Morgan fingerprint density at radius 2 is 2.04 bits per heavy atom. The van der Waals surface area contributed by atoms with Crippen LogP contribution in [0.1, 0.15) is 30.7 Å². The standard InChI is InChI=1S/C19H23N3O5/c23-18-16-13(11-3-4-14-15(8-11)27-10-26-14)5-6-20-17(16)22(19(24)21-18)9-12-2-1-7-25-12/h3-4,8,12-13,16-17,20H,1-2,5-7,9-10H2,(H,21,23,24). The average molecular weight is 373 g/mol. The van der Waals surface area contributed by atoms with Crippen LogP contribution in [-0.4, -0.2) is 55.6 Å². The van der Waals surface area contributed by atoms with Crippen LogP contribution in [0.2, 0.25) is 0 Å². The molecule has 8 nitrogen and oxygen atoms in total. The van der Waals surface area contributed by atoms with E-state index in [-0.39, 0.29) is 42.8 Å². The number of piperidine rings is 1. The van der Waals surface area contributed by atoms with Gasteiger partial charge in [0.15, 0.2) is 11.5 Å². The van der Waals surface area contributed by atoms with Crippen LogP contribution in [0, 0.1) is 5.92 Å². The second-order valence-corrected chi connectivity index (χ2v) is 7.51. The highest BCUT2D eigenvalue weighted by Crippen LogP contribution is 2.41. The van der Waals surface area contributed by atoms with Crippen LogP contribution < -0.4 is 20.1 Å². The highest BCUT2D eigenvalue weighted by Gasteiger charge is 2.48. The molecule has 4 unspecified atom stereocenters. The molecule has 8 heteroatoms. The third-order valence-electron chi connectivity index (χ3n) is 5.96. The summed E-state index contributed by atoms with van der Waals surface area (Å²) < 4.78 is 16.6. The summed E-state index contributed by atoms with van der Waals surface area (Å²) in [5, 5.41) is 5.94. The van der Waals surface area contributed by atoms with Gasteiger partial charge in [0.05, 0.1) is 24.7 Å². The number of amides is 3. The molecule has 4 atom stereocenters. The van der Waals surface area contributed by atoms with Gasteiger partial charge in [0.2, 0.25) is 12.7 Å². The maximum absolute atomic E-state index is 12.8. The van der Waals surface area contributed by atoms with Crippen LogP contribution in [-0.2, 0) is 9.53 Å². The van der Waals surface area contributed by atoms with Crippen molar-refractivity contribution in [1.29, 1.82) is 0 Å². The predicted molar refractivity (Wildman–Crippen MR) is 94.4 cm³/mol. The van der Waals surface area contributed by atoms with Gasteiger partial charge in [-0.25, -0.2) is 4.79 Å². The number of urea groups is 1. The number of nitrogens with one attached hydrogen (secondary N) is 2. The van der Waals surface area contributed by atoms with E-state index in [1.807, 2.05) is 18.2 Å². The zero-order chi connectivity index (χ0) is 18.4. The van der Waals surface area contributed by atoms with Crippen molar-refractivity contribution in [2.45, 2.75) is 37.5 Å². The van der Waals surface area contributed by atoms with E-state index in [2.05, 4.69) is 10.6 Å². The third kappa shape index (κ3) is 2.93. The van der Waals surface area contributed by atoms with E-state index in [0.29, 0.717) is 12.3 Å². The Morgan fingerprint density at radius 3 is 2.89 bits per heavy atom. The van der Waals surface area contributed by atoms with E-state index in [1.165, 1.54) is 0 Å². The van der Waals surface area contributed by atoms with E-state index in [0.717, 1.165) is 43.7 Å². The SMILES string of the molecule is O=C1NC(=O)N(CC2CCCO2)C2NCCC(c3ccc4c(c3)OCO4)C12. The number of fused-ring (bicyclic) bond motifs is 2. The number of hydrogen-bond donors (Lipinski definition) is 2. The second-order valence-electron chi connectivity index (χ2n) is 7.51. The Bertz CT molecular complexity index is 764. The van der Waals surface area contributed by atoms with Gasteiger partial charge in [-0.05, 0) is 43.5 Å². The summed E-state index contributed by atoms with van der Waals surface area (Å²) in [7, 11) is 0. The summed E-state index contributed by atoms with van der Waals surface area (Å²) in [6, 6.07) is 5.51. The van der Waals surface area contributed by atoms with E-state index in [9.17, 15) is 9.59 Å². The fourth-order valence-electron chi connectivity index (χ4n) is 4.65. The van der Waals surface area contributed by atoms with Gasteiger partial charge in [0.25, 0.3) is 0 Å². The minimum Gasteiger partial charge on any atom is -0.454 e. The van der Waals surface area contributed by atoms with Crippen molar-refractivity contribution in [3.8, 4) is 11.5 Å². The molecule has 1 aromatic carbocycles. The Balaban J connectivity index is 1.43. The highest BCUT2D eigenvalue weighted by molar-refractivity contribution is 5.99. The molecule has 3 amide bonds. The molecular weight excluding hydrogens is 350 g/mol. The van der Waals surface area contributed by atoms with E-state index >= 15 is 0 Å². The van der Waals surface area contributed by atoms with Crippen molar-refractivity contribution >= 4 is 11.9 Å². The number of imide groups is 1. The molecule has 0 bridgehead atoms. The van der Waals surface area contributed by atoms with Crippen molar-refractivity contribution < 1.29 is 23.8 Å². The summed E-state index contributed by atoms with van der Waals surface area (Å²) in [4.78, 5) is 27.0. The molecule has 5 rings (SSSR count). The van der Waals surface area contributed by atoms with Gasteiger partial charge in [0, 0.05) is 12.5 Å². The zero-order valence-electron chi connectivity index (χ0n) is 15.0. The molecule has 4 heterocycles.